The van der Waals surface area contributed by atoms with E-state index in [1.165, 1.54) is 0 Å². The molecule has 0 aliphatic carbocycles. The highest BCUT2D eigenvalue weighted by Gasteiger charge is 2.13. The lowest BCUT2D eigenvalue weighted by atomic mass is 10.2. The quantitative estimate of drug-likeness (QED) is 0.776. The maximum atomic E-state index is 9.10. The van der Waals surface area contributed by atoms with Crippen LogP contribution in [0.5, 0.6) is 0 Å². The van der Waals surface area contributed by atoms with E-state index in [0.717, 1.165) is 0 Å². The highest BCUT2D eigenvalue weighted by Crippen LogP contribution is 2.13. The Labute approximate surface area is 89.4 Å². The molecule has 5 heteroatoms. The van der Waals surface area contributed by atoms with E-state index in [2.05, 4.69) is 10.1 Å². The van der Waals surface area contributed by atoms with Crippen molar-refractivity contribution in [2.24, 2.45) is 0 Å². The third kappa shape index (κ3) is 3.97. The highest BCUT2D eigenvalue weighted by molar-refractivity contribution is 4.90. The van der Waals surface area contributed by atoms with Gasteiger partial charge in [-0.05, 0) is 27.2 Å². The molecule has 0 aromatic carbocycles. The molecule has 0 aliphatic heterocycles. The fraction of sp³-hybridized carbons (Fsp3) is 0.800. The summed E-state index contributed by atoms with van der Waals surface area (Å²) in [7, 11) is 0. The van der Waals surface area contributed by atoms with Crippen LogP contribution in [0.2, 0.25) is 0 Å². The number of rotatable bonds is 6. The molecule has 1 heterocycles. The van der Waals surface area contributed by atoms with Gasteiger partial charge in [-0.1, -0.05) is 5.16 Å². The zero-order valence-electron chi connectivity index (χ0n) is 9.43. The molecule has 0 amide bonds. The van der Waals surface area contributed by atoms with Gasteiger partial charge in [-0.25, -0.2) is 0 Å². The Morgan fingerprint density at radius 2 is 2.20 bits per heavy atom. The van der Waals surface area contributed by atoms with E-state index in [0.29, 0.717) is 31.2 Å². The average Bonchev–Trinajstić information content (AvgIpc) is 2.63. The van der Waals surface area contributed by atoms with Gasteiger partial charge in [-0.15, -0.1) is 0 Å². The number of ether oxygens (including phenoxy) is 1. The Hall–Kier alpha value is -0.940. The van der Waals surface area contributed by atoms with Crippen LogP contribution in [0.25, 0.3) is 0 Å². The second-order valence-electron chi connectivity index (χ2n) is 3.53. The number of aryl methyl sites for hydroxylation is 1. The molecule has 1 aromatic heterocycles. The van der Waals surface area contributed by atoms with Gasteiger partial charge >= 0.3 is 0 Å². The first-order valence-corrected chi connectivity index (χ1v) is 5.25. The lowest BCUT2D eigenvalue weighted by Gasteiger charge is -2.04. The molecule has 1 N–H and O–H groups in total. The van der Waals surface area contributed by atoms with Crippen LogP contribution in [0.4, 0.5) is 0 Å². The second kappa shape index (κ2) is 5.82. The van der Waals surface area contributed by atoms with E-state index in [4.69, 9.17) is 14.4 Å². The molecule has 0 spiro atoms. The van der Waals surface area contributed by atoms with Crippen LogP contribution in [-0.2, 0) is 11.2 Å². The van der Waals surface area contributed by atoms with Crippen LogP contribution in [0.1, 0.15) is 45.0 Å². The van der Waals surface area contributed by atoms with Crippen molar-refractivity contribution < 1.29 is 14.4 Å². The van der Waals surface area contributed by atoms with E-state index in [1.54, 1.807) is 6.92 Å². The van der Waals surface area contributed by atoms with Crippen LogP contribution in [-0.4, -0.2) is 28.0 Å². The summed E-state index contributed by atoms with van der Waals surface area (Å²) in [6.07, 6.45) is 0.748. The number of nitrogens with zero attached hydrogens (tertiary/aromatic N) is 2. The largest absolute Gasteiger partial charge is 0.393 e. The Morgan fingerprint density at radius 1 is 1.47 bits per heavy atom. The number of hydrogen-bond acceptors (Lipinski definition) is 5. The minimum Gasteiger partial charge on any atom is -0.393 e. The summed E-state index contributed by atoms with van der Waals surface area (Å²) < 4.78 is 10.4. The van der Waals surface area contributed by atoms with Crippen molar-refractivity contribution >= 4 is 0 Å². The molecule has 1 aromatic rings. The smallest absolute Gasteiger partial charge is 0.226 e. The Kier molecular flexibility index (Phi) is 4.71. The first-order chi connectivity index (χ1) is 7.13. The molecule has 15 heavy (non-hydrogen) atoms. The normalized spacial score (nSPS) is 15.2. The Morgan fingerprint density at radius 3 is 2.80 bits per heavy atom. The maximum absolute atomic E-state index is 9.10. The zero-order chi connectivity index (χ0) is 11.3. The SMILES string of the molecule is CCOC(C)c1noc(CCC(C)O)n1. The van der Waals surface area contributed by atoms with E-state index < -0.39 is 0 Å². The second-order valence-corrected chi connectivity index (χ2v) is 3.53. The van der Waals surface area contributed by atoms with Crippen molar-refractivity contribution in [1.29, 1.82) is 0 Å². The van der Waals surface area contributed by atoms with Gasteiger partial charge in [0.05, 0.1) is 6.10 Å². The molecule has 0 radical (unpaired) electrons. The number of hydrogen-bond donors (Lipinski definition) is 1. The molecule has 0 saturated heterocycles. The fourth-order valence-corrected chi connectivity index (χ4v) is 1.19. The van der Waals surface area contributed by atoms with Crippen molar-refractivity contribution in [1.82, 2.24) is 10.1 Å². The zero-order valence-corrected chi connectivity index (χ0v) is 9.43. The minimum atomic E-state index is -0.343. The molecule has 0 saturated carbocycles. The van der Waals surface area contributed by atoms with Crippen molar-refractivity contribution in [3.05, 3.63) is 11.7 Å². The van der Waals surface area contributed by atoms with Gasteiger partial charge in [0.1, 0.15) is 6.10 Å². The molecule has 5 nitrogen and oxygen atoms in total. The maximum Gasteiger partial charge on any atom is 0.226 e. The molecule has 0 bridgehead atoms. The molecular weight excluding hydrogens is 196 g/mol. The van der Waals surface area contributed by atoms with Crippen molar-refractivity contribution in [2.45, 2.75) is 45.8 Å². The summed E-state index contributed by atoms with van der Waals surface area (Å²) >= 11 is 0. The molecule has 1 rings (SSSR count). The van der Waals surface area contributed by atoms with Crippen molar-refractivity contribution in [3.8, 4) is 0 Å². The van der Waals surface area contributed by atoms with E-state index in [-0.39, 0.29) is 12.2 Å². The van der Waals surface area contributed by atoms with Gasteiger partial charge in [0.25, 0.3) is 0 Å². The van der Waals surface area contributed by atoms with Gasteiger partial charge in [-0.3, -0.25) is 0 Å². The lowest BCUT2D eigenvalue weighted by Crippen LogP contribution is -2.03. The van der Waals surface area contributed by atoms with Crippen LogP contribution in [0, 0.1) is 0 Å². The molecule has 86 valence electrons. The van der Waals surface area contributed by atoms with E-state index in [1.807, 2.05) is 13.8 Å². The first kappa shape index (κ1) is 12.1. The highest BCUT2D eigenvalue weighted by atomic mass is 16.5. The standard InChI is InChI=1S/C10H18N2O3/c1-4-14-8(3)10-11-9(15-12-10)6-5-7(2)13/h7-8,13H,4-6H2,1-3H3. The summed E-state index contributed by atoms with van der Waals surface area (Å²) in [6.45, 7) is 6.16. The summed E-state index contributed by atoms with van der Waals surface area (Å²) in [5, 5.41) is 12.9. The molecule has 0 aliphatic rings. The average molecular weight is 214 g/mol. The Balaban J connectivity index is 2.48. The summed E-state index contributed by atoms with van der Waals surface area (Å²) in [6, 6.07) is 0. The topological polar surface area (TPSA) is 68.4 Å². The Bertz CT molecular complexity index is 286. The molecular formula is C10H18N2O3. The monoisotopic (exact) mass is 214 g/mol. The first-order valence-electron chi connectivity index (χ1n) is 5.25. The number of aliphatic hydroxyl groups excluding tert-OH is 1. The van der Waals surface area contributed by atoms with E-state index >= 15 is 0 Å². The molecule has 2 unspecified atom stereocenters. The summed E-state index contributed by atoms with van der Waals surface area (Å²) in [4.78, 5) is 4.19. The third-order valence-electron chi connectivity index (χ3n) is 2.04. The van der Waals surface area contributed by atoms with Crippen LogP contribution in [0.15, 0.2) is 4.52 Å². The predicted octanol–water partition coefficient (Wildman–Crippen LogP) is 1.48. The summed E-state index contributed by atoms with van der Waals surface area (Å²) in [5.74, 6) is 1.12. The fourth-order valence-electron chi connectivity index (χ4n) is 1.19. The van der Waals surface area contributed by atoms with Crippen LogP contribution in [0.3, 0.4) is 0 Å². The third-order valence-corrected chi connectivity index (χ3v) is 2.04. The predicted molar refractivity (Wildman–Crippen MR) is 54.3 cm³/mol. The van der Waals surface area contributed by atoms with Crippen LogP contribution >= 0.6 is 0 Å². The lowest BCUT2D eigenvalue weighted by molar-refractivity contribution is 0.0683. The molecule has 0 fully saturated rings. The van der Waals surface area contributed by atoms with Crippen LogP contribution < -0.4 is 0 Å². The molecule has 2 atom stereocenters. The van der Waals surface area contributed by atoms with Gasteiger partial charge in [0, 0.05) is 13.0 Å². The van der Waals surface area contributed by atoms with Gasteiger partial charge in [0.2, 0.25) is 5.89 Å². The van der Waals surface area contributed by atoms with Gasteiger partial charge in [-0.2, -0.15) is 4.98 Å². The van der Waals surface area contributed by atoms with Gasteiger partial charge < -0.3 is 14.4 Å². The van der Waals surface area contributed by atoms with Gasteiger partial charge in [0.15, 0.2) is 5.82 Å². The van der Waals surface area contributed by atoms with Crippen molar-refractivity contribution in [3.63, 3.8) is 0 Å². The minimum absolute atomic E-state index is 0.140. The van der Waals surface area contributed by atoms with E-state index in [9.17, 15) is 0 Å². The number of aliphatic hydroxyl groups is 1. The summed E-state index contributed by atoms with van der Waals surface area (Å²) in [5.41, 5.74) is 0. The number of aromatic nitrogens is 2. The van der Waals surface area contributed by atoms with Crippen molar-refractivity contribution in [2.75, 3.05) is 6.61 Å².